The first-order valence-electron chi connectivity index (χ1n) is 3.25. The molecule has 58 valence electrons. The van der Waals surface area contributed by atoms with Gasteiger partial charge < -0.3 is 4.74 Å². The topological polar surface area (TPSA) is 29.6 Å². The minimum atomic E-state index is -0.862. The number of carbonyl (C=O) groups is 1. The molecule has 2 nitrogen and oxygen atoms in total. The molecule has 1 heterocycles. The predicted octanol–water partition coefficient (Wildman–Crippen LogP) is 1.27. The predicted molar refractivity (Wildman–Crippen MR) is 45.5 cm³/mol. The van der Waals surface area contributed by atoms with Crippen LogP contribution < -0.4 is 0 Å². The highest BCUT2D eigenvalue weighted by Crippen LogP contribution is 2.41. The molecule has 0 aromatic heterocycles. The number of thiol groups is 2. The molecule has 0 bridgehead atoms. The summed E-state index contributed by atoms with van der Waals surface area (Å²) in [4.78, 5) is 9.72. The molecular weight excluding hydrogens is 168 g/mol. The van der Waals surface area contributed by atoms with Crippen molar-refractivity contribution in [2.75, 3.05) is 0 Å². The third kappa shape index (κ3) is 1.27. The van der Waals surface area contributed by atoms with Gasteiger partial charge in [-0.2, -0.15) is 12.6 Å². The lowest BCUT2D eigenvalue weighted by molar-refractivity contribution is -0.117. The fraction of sp³-hybridized carbons (Fsp3) is 0.833. The Morgan fingerprint density at radius 1 is 1.80 bits per heavy atom. The molecule has 4 heteroatoms. The zero-order valence-corrected chi connectivity index (χ0v) is 7.49. The Morgan fingerprint density at radius 2 is 2.30 bits per heavy atom. The number of hydrogen-bond donors (Lipinski definition) is 2. The first-order valence-corrected chi connectivity index (χ1v) is 4.21. The van der Waals surface area contributed by atoms with Crippen molar-refractivity contribution in [2.45, 2.75) is 29.9 Å². The Kier molecular flexibility index (Phi) is 2.20. The van der Waals surface area contributed by atoms with Crippen molar-refractivity contribution in [1.82, 2.24) is 0 Å². The van der Waals surface area contributed by atoms with E-state index in [-0.39, 0.29) is 11.2 Å². The van der Waals surface area contributed by atoms with Gasteiger partial charge in [-0.25, -0.2) is 4.79 Å². The quantitative estimate of drug-likeness (QED) is 0.503. The largest absolute Gasteiger partial charge is 0.431 e. The van der Waals surface area contributed by atoms with Crippen LogP contribution in [0.2, 0.25) is 0 Å². The van der Waals surface area contributed by atoms with Crippen molar-refractivity contribution in [2.24, 2.45) is 0 Å². The van der Waals surface area contributed by atoms with E-state index in [4.69, 9.17) is 0 Å². The Morgan fingerprint density at radius 3 is 2.60 bits per heavy atom. The second-order valence-corrected chi connectivity index (χ2v) is 3.68. The summed E-state index contributed by atoms with van der Waals surface area (Å²) in [5.74, 6) is -0.246. The standard InChI is InChI=1S/C6H10O2S2/c1-2-3-4(9)6(10)5(7)8-6/h4,9-10H,2-3H2,1H3. The van der Waals surface area contributed by atoms with Crippen LogP contribution in [0, 0.1) is 0 Å². The van der Waals surface area contributed by atoms with E-state index >= 15 is 0 Å². The molecule has 0 amide bonds. The normalized spacial score (nSPS) is 33.3. The average molecular weight is 178 g/mol. The summed E-state index contributed by atoms with van der Waals surface area (Å²) in [6, 6.07) is 0. The molecule has 0 radical (unpaired) electrons. The van der Waals surface area contributed by atoms with E-state index in [1.807, 2.05) is 6.92 Å². The van der Waals surface area contributed by atoms with Crippen molar-refractivity contribution in [3.05, 3.63) is 0 Å². The zero-order chi connectivity index (χ0) is 7.78. The number of ether oxygens (including phenoxy) is 1. The lowest BCUT2D eigenvalue weighted by Gasteiger charge is -2.08. The molecular formula is C6H10O2S2. The van der Waals surface area contributed by atoms with Crippen LogP contribution in [-0.2, 0) is 9.53 Å². The number of hydrogen-bond acceptors (Lipinski definition) is 4. The van der Waals surface area contributed by atoms with Crippen LogP contribution in [0.5, 0.6) is 0 Å². The van der Waals surface area contributed by atoms with Crippen molar-refractivity contribution in [3.8, 4) is 0 Å². The molecule has 0 N–H and O–H groups in total. The van der Waals surface area contributed by atoms with Gasteiger partial charge in [0.2, 0.25) is 0 Å². The van der Waals surface area contributed by atoms with Crippen LogP contribution >= 0.6 is 25.3 Å². The van der Waals surface area contributed by atoms with E-state index in [0.29, 0.717) is 0 Å². The molecule has 10 heavy (non-hydrogen) atoms. The van der Waals surface area contributed by atoms with Gasteiger partial charge in [0.25, 0.3) is 4.93 Å². The molecule has 1 fully saturated rings. The van der Waals surface area contributed by atoms with Gasteiger partial charge in [0.1, 0.15) is 0 Å². The number of epoxide rings is 1. The molecule has 0 aliphatic carbocycles. The molecule has 0 aromatic carbocycles. The molecule has 1 saturated heterocycles. The first kappa shape index (κ1) is 8.27. The summed E-state index contributed by atoms with van der Waals surface area (Å²) in [6.45, 7) is 2.03. The van der Waals surface area contributed by atoms with Crippen molar-refractivity contribution >= 4 is 31.2 Å². The third-order valence-corrected chi connectivity index (χ3v) is 2.92. The lowest BCUT2D eigenvalue weighted by Crippen LogP contribution is -2.19. The van der Waals surface area contributed by atoms with Gasteiger partial charge in [-0.15, -0.1) is 12.6 Å². The molecule has 0 aromatic rings. The van der Waals surface area contributed by atoms with Crippen molar-refractivity contribution in [1.29, 1.82) is 0 Å². The molecule has 1 aliphatic rings. The maximum atomic E-state index is 10.6. The summed E-state index contributed by atoms with van der Waals surface area (Å²) in [5, 5.41) is -0.0617. The van der Waals surface area contributed by atoms with Crippen LogP contribution in [0.3, 0.4) is 0 Å². The Hall–Kier alpha value is 0.170. The van der Waals surface area contributed by atoms with Crippen LogP contribution in [0.1, 0.15) is 19.8 Å². The van der Waals surface area contributed by atoms with Gasteiger partial charge in [-0.3, -0.25) is 0 Å². The molecule has 2 atom stereocenters. The monoisotopic (exact) mass is 178 g/mol. The molecule has 0 spiro atoms. The summed E-state index contributed by atoms with van der Waals surface area (Å²) in [6.07, 6.45) is 1.85. The Labute approximate surface area is 71.1 Å². The van der Waals surface area contributed by atoms with E-state index in [0.717, 1.165) is 12.8 Å². The Bertz CT molecular complexity index is 160. The molecule has 1 aliphatic heterocycles. The van der Waals surface area contributed by atoms with Crippen LogP contribution in [-0.4, -0.2) is 16.2 Å². The third-order valence-electron chi connectivity index (χ3n) is 1.51. The summed E-state index contributed by atoms with van der Waals surface area (Å²) in [7, 11) is 0. The lowest BCUT2D eigenvalue weighted by atomic mass is 10.2. The summed E-state index contributed by atoms with van der Waals surface area (Å²) in [5.41, 5.74) is 0. The van der Waals surface area contributed by atoms with Gasteiger partial charge in [0.05, 0.1) is 5.25 Å². The fourth-order valence-corrected chi connectivity index (χ4v) is 1.42. The minimum absolute atomic E-state index is 0.0617. The highest BCUT2D eigenvalue weighted by molar-refractivity contribution is 7.86. The molecule has 0 saturated carbocycles. The summed E-state index contributed by atoms with van der Waals surface area (Å²) < 4.78 is 4.67. The summed E-state index contributed by atoms with van der Waals surface area (Å²) >= 11 is 8.23. The minimum Gasteiger partial charge on any atom is -0.431 e. The van der Waals surface area contributed by atoms with Gasteiger partial charge >= 0.3 is 5.97 Å². The average Bonchev–Trinajstić information content (AvgIpc) is 2.43. The highest BCUT2D eigenvalue weighted by atomic mass is 32.1. The number of rotatable bonds is 3. The van der Waals surface area contributed by atoms with Crippen LogP contribution in [0.25, 0.3) is 0 Å². The number of cyclic esters (lactones) is 1. The van der Waals surface area contributed by atoms with Crippen LogP contribution in [0.4, 0.5) is 0 Å². The SMILES string of the molecule is CCCC(S)C1(S)OC1=O. The van der Waals surface area contributed by atoms with Crippen LogP contribution in [0.15, 0.2) is 0 Å². The van der Waals surface area contributed by atoms with Gasteiger partial charge in [0, 0.05) is 0 Å². The maximum absolute atomic E-state index is 10.6. The second-order valence-electron chi connectivity index (χ2n) is 2.39. The first-order chi connectivity index (χ1) is 4.61. The second kappa shape index (κ2) is 2.66. The van der Waals surface area contributed by atoms with Gasteiger partial charge in [-0.05, 0) is 6.42 Å². The fourth-order valence-electron chi connectivity index (χ4n) is 0.789. The van der Waals surface area contributed by atoms with E-state index in [2.05, 4.69) is 30.0 Å². The maximum Gasteiger partial charge on any atom is 0.364 e. The van der Waals surface area contributed by atoms with Crippen molar-refractivity contribution < 1.29 is 9.53 Å². The molecule has 2 unspecified atom stereocenters. The Balaban J connectivity index is 2.42. The van der Waals surface area contributed by atoms with Gasteiger partial charge in [0.15, 0.2) is 0 Å². The highest BCUT2D eigenvalue weighted by Gasteiger charge is 2.59. The van der Waals surface area contributed by atoms with Gasteiger partial charge in [-0.1, -0.05) is 13.3 Å². The zero-order valence-electron chi connectivity index (χ0n) is 5.70. The van der Waals surface area contributed by atoms with E-state index in [9.17, 15) is 4.79 Å². The van der Waals surface area contributed by atoms with E-state index < -0.39 is 4.93 Å². The van der Waals surface area contributed by atoms with E-state index in [1.165, 1.54) is 0 Å². The van der Waals surface area contributed by atoms with Crippen molar-refractivity contribution in [3.63, 3.8) is 0 Å². The molecule has 1 rings (SSSR count). The van der Waals surface area contributed by atoms with E-state index in [1.54, 1.807) is 0 Å². The smallest absolute Gasteiger partial charge is 0.364 e. The number of carbonyl (C=O) groups excluding carboxylic acids is 1.